The lowest BCUT2D eigenvalue weighted by Crippen LogP contribution is -2.39. The van der Waals surface area contributed by atoms with Crippen LogP contribution in [0.2, 0.25) is 0 Å². The highest BCUT2D eigenvalue weighted by Crippen LogP contribution is 2.33. The van der Waals surface area contributed by atoms with Crippen LogP contribution in [0.25, 0.3) is 0 Å². The van der Waals surface area contributed by atoms with Crippen LogP contribution in [0.5, 0.6) is 23.0 Å². The number of phenolic OH excluding ortho intramolecular Hbond substituents is 1. The number of halogens is 1. The molecule has 0 saturated heterocycles. The van der Waals surface area contributed by atoms with E-state index in [-0.39, 0.29) is 24.4 Å². The van der Waals surface area contributed by atoms with Crippen LogP contribution in [0.4, 0.5) is 0 Å². The van der Waals surface area contributed by atoms with Crippen LogP contribution < -0.4 is 19.5 Å². The Morgan fingerprint density at radius 1 is 1.22 bits per heavy atom. The standard InChI is InChI=1S/C21H27NO4.ClH/c1-14(2)17-11-18(23)15(3)10-21(17)24-9-8-22-12-16-13-25-19-6-4-5-7-20(19)26-16;/h4-7,10-11,14,16,22-23H,8-9,12-13H2,1-3H3;1H. The average Bonchev–Trinajstić information content (AvgIpc) is 2.63. The van der Waals surface area contributed by atoms with Crippen molar-refractivity contribution in [3.05, 3.63) is 47.5 Å². The highest BCUT2D eigenvalue weighted by atomic mass is 35.5. The maximum Gasteiger partial charge on any atom is 0.161 e. The lowest BCUT2D eigenvalue weighted by Gasteiger charge is -2.26. The van der Waals surface area contributed by atoms with Gasteiger partial charge in [0.2, 0.25) is 0 Å². The quantitative estimate of drug-likeness (QED) is 0.695. The number of rotatable bonds is 7. The van der Waals surface area contributed by atoms with Crippen molar-refractivity contribution in [3.8, 4) is 23.0 Å². The Labute approximate surface area is 167 Å². The van der Waals surface area contributed by atoms with E-state index in [0.29, 0.717) is 32.1 Å². The molecule has 0 aromatic heterocycles. The molecule has 0 radical (unpaired) electrons. The molecule has 5 nitrogen and oxygen atoms in total. The Hall–Kier alpha value is -2.11. The van der Waals surface area contributed by atoms with Crippen LogP contribution in [0.3, 0.4) is 0 Å². The van der Waals surface area contributed by atoms with Crippen LogP contribution in [-0.4, -0.2) is 37.5 Å². The van der Waals surface area contributed by atoms with E-state index in [4.69, 9.17) is 14.2 Å². The van der Waals surface area contributed by atoms with Crippen molar-refractivity contribution in [2.45, 2.75) is 32.8 Å². The molecule has 0 bridgehead atoms. The van der Waals surface area contributed by atoms with E-state index in [9.17, 15) is 5.11 Å². The molecule has 2 aromatic rings. The Kier molecular flexibility index (Phi) is 7.63. The summed E-state index contributed by atoms with van der Waals surface area (Å²) in [4.78, 5) is 0. The Morgan fingerprint density at radius 2 is 1.96 bits per heavy atom. The van der Waals surface area contributed by atoms with Crippen molar-refractivity contribution in [1.82, 2.24) is 5.32 Å². The summed E-state index contributed by atoms with van der Waals surface area (Å²) in [5.74, 6) is 3.04. The van der Waals surface area contributed by atoms with Gasteiger partial charge in [0.25, 0.3) is 0 Å². The number of nitrogens with one attached hydrogen (secondary N) is 1. The molecule has 3 rings (SSSR count). The van der Waals surface area contributed by atoms with Gasteiger partial charge in [-0.2, -0.15) is 0 Å². The molecule has 0 amide bonds. The maximum absolute atomic E-state index is 9.90. The highest BCUT2D eigenvalue weighted by Gasteiger charge is 2.20. The minimum atomic E-state index is -0.00737. The molecule has 1 heterocycles. The molecule has 0 fully saturated rings. The molecule has 27 heavy (non-hydrogen) atoms. The monoisotopic (exact) mass is 393 g/mol. The van der Waals surface area contributed by atoms with Crippen molar-refractivity contribution >= 4 is 12.4 Å². The van der Waals surface area contributed by atoms with Gasteiger partial charge in [-0.3, -0.25) is 0 Å². The first-order valence-electron chi connectivity index (χ1n) is 9.10. The van der Waals surface area contributed by atoms with Crippen LogP contribution in [0.15, 0.2) is 36.4 Å². The molecule has 2 aromatic carbocycles. The van der Waals surface area contributed by atoms with Gasteiger partial charge < -0.3 is 24.6 Å². The Bertz CT molecular complexity index is 751. The fourth-order valence-electron chi connectivity index (χ4n) is 2.92. The van der Waals surface area contributed by atoms with E-state index >= 15 is 0 Å². The van der Waals surface area contributed by atoms with Crippen molar-refractivity contribution in [3.63, 3.8) is 0 Å². The molecule has 0 aliphatic carbocycles. The second-order valence-corrected chi connectivity index (χ2v) is 6.88. The zero-order valence-corrected chi connectivity index (χ0v) is 16.8. The van der Waals surface area contributed by atoms with Crippen molar-refractivity contribution in [1.29, 1.82) is 0 Å². The summed E-state index contributed by atoms with van der Waals surface area (Å²) in [5, 5.41) is 13.3. The number of hydrogen-bond donors (Lipinski definition) is 2. The van der Waals surface area contributed by atoms with Gasteiger partial charge in [0.1, 0.15) is 30.8 Å². The first-order valence-corrected chi connectivity index (χ1v) is 9.10. The van der Waals surface area contributed by atoms with Gasteiger partial charge in [0.15, 0.2) is 11.5 Å². The summed E-state index contributed by atoms with van der Waals surface area (Å²) in [7, 11) is 0. The van der Waals surface area contributed by atoms with Crippen molar-refractivity contribution in [2.75, 3.05) is 26.3 Å². The summed E-state index contributed by atoms with van der Waals surface area (Å²) in [5.41, 5.74) is 1.84. The highest BCUT2D eigenvalue weighted by molar-refractivity contribution is 5.85. The van der Waals surface area contributed by atoms with Crippen molar-refractivity contribution < 1.29 is 19.3 Å². The predicted octanol–water partition coefficient (Wildman–Crippen LogP) is 4.05. The first kappa shape index (κ1) is 21.2. The summed E-state index contributed by atoms with van der Waals surface area (Å²) >= 11 is 0. The Morgan fingerprint density at radius 3 is 2.70 bits per heavy atom. The number of ether oxygens (including phenoxy) is 3. The van der Waals surface area contributed by atoms with Crippen LogP contribution in [0.1, 0.15) is 30.9 Å². The number of fused-ring (bicyclic) bond motifs is 1. The molecule has 1 unspecified atom stereocenters. The Balaban J connectivity index is 0.00000261. The van der Waals surface area contributed by atoms with E-state index in [2.05, 4.69) is 19.2 Å². The van der Waals surface area contributed by atoms with E-state index in [0.717, 1.165) is 28.4 Å². The second kappa shape index (κ2) is 9.72. The summed E-state index contributed by atoms with van der Waals surface area (Å²) < 4.78 is 17.6. The molecule has 0 saturated carbocycles. The number of phenols is 1. The summed E-state index contributed by atoms with van der Waals surface area (Å²) in [6.07, 6.45) is -0.00737. The number of para-hydroxylation sites is 2. The average molecular weight is 394 g/mol. The third-order valence-corrected chi connectivity index (χ3v) is 4.43. The lowest BCUT2D eigenvalue weighted by atomic mass is 10.00. The third-order valence-electron chi connectivity index (χ3n) is 4.43. The molecule has 0 spiro atoms. The van der Waals surface area contributed by atoms with E-state index in [1.807, 2.05) is 37.3 Å². The molecule has 1 aliphatic heterocycles. The molecule has 2 N–H and O–H groups in total. The maximum atomic E-state index is 9.90. The minimum Gasteiger partial charge on any atom is -0.508 e. The molecule has 148 valence electrons. The third kappa shape index (κ3) is 5.44. The fourth-order valence-corrected chi connectivity index (χ4v) is 2.92. The summed E-state index contributed by atoms with van der Waals surface area (Å²) in [6, 6.07) is 11.4. The van der Waals surface area contributed by atoms with Crippen LogP contribution >= 0.6 is 12.4 Å². The zero-order chi connectivity index (χ0) is 18.5. The van der Waals surface area contributed by atoms with E-state index in [1.165, 1.54) is 0 Å². The number of hydrogen-bond acceptors (Lipinski definition) is 5. The van der Waals surface area contributed by atoms with Gasteiger partial charge in [-0.05, 0) is 42.7 Å². The molecule has 1 atom stereocenters. The second-order valence-electron chi connectivity index (χ2n) is 6.88. The van der Waals surface area contributed by atoms with Gasteiger partial charge in [0.05, 0.1) is 0 Å². The van der Waals surface area contributed by atoms with Gasteiger partial charge in [-0.1, -0.05) is 26.0 Å². The lowest BCUT2D eigenvalue weighted by molar-refractivity contribution is 0.0897. The van der Waals surface area contributed by atoms with Gasteiger partial charge >= 0.3 is 0 Å². The molecular weight excluding hydrogens is 366 g/mol. The first-order chi connectivity index (χ1) is 12.5. The number of benzene rings is 2. The fraction of sp³-hybridized carbons (Fsp3) is 0.429. The largest absolute Gasteiger partial charge is 0.508 e. The topological polar surface area (TPSA) is 60.0 Å². The molecular formula is C21H28ClNO4. The van der Waals surface area contributed by atoms with Gasteiger partial charge in [0, 0.05) is 18.7 Å². The normalized spacial score (nSPS) is 15.3. The number of aromatic hydroxyl groups is 1. The minimum absolute atomic E-state index is 0. The van der Waals surface area contributed by atoms with E-state index < -0.39 is 0 Å². The van der Waals surface area contributed by atoms with Crippen LogP contribution in [0, 0.1) is 6.92 Å². The molecule has 1 aliphatic rings. The van der Waals surface area contributed by atoms with E-state index in [1.54, 1.807) is 6.07 Å². The van der Waals surface area contributed by atoms with Gasteiger partial charge in [-0.25, -0.2) is 0 Å². The van der Waals surface area contributed by atoms with Gasteiger partial charge in [-0.15, -0.1) is 12.4 Å². The number of aryl methyl sites for hydroxylation is 1. The smallest absolute Gasteiger partial charge is 0.161 e. The van der Waals surface area contributed by atoms with Crippen LogP contribution in [-0.2, 0) is 0 Å². The summed E-state index contributed by atoms with van der Waals surface area (Å²) in [6.45, 7) is 8.56. The molecule has 6 heteroatoms. The van der Waals surface area contributed by atoms with Crippen molar-refractivity contribution in [2.24, 2.45) is 0 Å². The zero-order valence-electron chi connectivity index (χ0n) is 16.0. The SMILES string of the molecule is Cc1cc(OCCNCC2COc3ccccc3O2)c(C(C)C)cc1O.Cl. The predicted molar refractivity (Wildman–Crippen MR) is 109 cm³/mol.